The molecule has 0 spiro atoms. The first-order valence-electron chi connectivity index (χ1n) is 7.92. The van der Waals surface area contributed by atoms with Gasteiger partial charge in [0.2, 0.25) is 0 Å². The molecule has 3 aromatic rings. The van der Waals surface area contributed by atoms with Crippen LogP contribution in [0.3, 0.4) is 0 Å². The molecule has 0 aliphatic heterocycles. The number of aromatic nitrogens is 2. The number of nitrogens with zero attached hydrogens (tertiary/aromatic N) is 2. The topological polar surface area (TPSA) is 97.1 Å². The van der Waals surface area contributed by atoms with Gasteiger partial charge in [-0.15, -0.1) is 0 Å². The summed E-state index contributed by atoms with van der Waals surface area (Å²) in [6, 6.07) is 8.28. The van der Waals surface area contributed by atoms with E-state index in [1.807, 2.05) is 0 Å². The van der Waals surface area contributed by atoms with E-state index < -0.39 is 23.6 Å². The van der Waals surface area contributed by atoms with Gasteiger partial charge in [0.25, 0.3) is 11.8 Å². The van der Waals surface area contributed by atoms with Gasteiger partial charge in [0, 0.05) is 23.5 Å². The summed E-state index contributed by atoms with van der Waals surface area (Å²) in [7, 11) is 0. The van der Waals surface area contributed by atoms with Crippen LogP contribution in [0.15, 0.2) is 53.2 Å². The van der Waals surface area contributed by atoms with Crippen LogP contribution in [0.5, 0.6) is 0 Å². The van der Waals surface area contributed by atoms with E-state index >= 15 is 0 Å². The van der Waals surface area contributed by atoms with E-state index in [0.29, 0.717) is 5.76 Å². The maximum Gasteiger partial charge on any atom is 0.416 e. The van der Waals surface area contributed by atoms with E-state index in [2.05, 4.69) is 20.8 Å². The number of alkyl halides is 3. The first-order chi connectivity index (χ1) is 13.2. The Morgan fingerprint density at radius 2 is 1.82 bits per heavy atom. The number of rotatable bonds is 4. The largest absolute Gasteiger partial charge is 0.416 e. The average molecular weight is 390 g/mol. The Morgan fingerprint density at radius 3 is 2.50 bits per heavy atom. The second-order valence-electron chi connectivity index (χ2n) is 5.74. The van der Waals surface area contributed by atoms with Crippen LogP contribution in [-0.2, 0) is 6.18 Å². The van der Waals surface area contributed by atoms with Gasteiger partial charge >= 0.3 is 6.18 Å². The van der Waals surface area contributed by atoms with Crippen molar-refractivity contribution in [3.63, 3.8) is 0 Å². The fourth-order valence-electron chi connectivity index (χ4n) is 2.28. The van der Waals surface area contributed by atoms with E-state index in [1.165, 1.54) is 36.5 Å². The van der Waals surface area contributed by atoms with Crippen LogP contribution in [0.25, 0.3) is 0 Å². The zero-order valence-corrected chi connectivity index (χ0v) is 14.4. The molecule has 144 valence electrons. The molecule has 1 aromatic carbocycles. The molecule has 0 saturated carbocycles. The van der Waals surface area contributed by atoms with Crippen molar-refractivity contribution in [2.45, 2.75) is 13.1 Å². The lowest BCUT2D eigenvalue weighted by atomic mass is 10.1. The predicted octanol–water partition coefficient (Wildman–Crippen LogP) is 3.90. The second kappa shape index (κ2) is 7.51. The average Bonchev–Trinajstić information content (AvgIpc) is 3.06. The van der Waals surface area contributed by atoms with Crippen LogP contribution in [0.4, 0.5) is 24.7 Å². The minimum atomic E-state index is -4.53. The molecule has 0 atom stereocenters. The van der Waals surface area contributed by atoms with Gasteiger partial charge in [-0.3, -0.25) is 14.6 Å². The Labute approximate surface area is 156 Å². The SMILES string of the molecule is Cc1cc(NC(=O)c2cc(C(=O)Nc3cccc(C(F)(F)F)c3)ccn2)no1. The third-order valence-corrected chi connectivity index (χ3v) is 3.57. The van der Waals surface area contributed by atoms with E-state index in [0.717, 1.165) is 12.1 Å². The molecule has 0 aliphatic rings. The quantitative estimate of drug-likeness (QED) is 0.704. The highest BCUT2D eigenvalue weighted by molar-refractivity contribution is 6.07. The lowest BCUT2D eigenvalue weighted by molar-refractivity contribution is -0.137. The van der Waals surface area contributed by atoms with Crippen molar-refractivity contribution in [2.75, 3.05) is 10.6 Å². The van der Waals surface area contributed by atoms with Crippen LogP contribution in [0.2, 0.25) is 0 Å². The van der Waals surface area contributed by atoms with Crippen molar-refractivity contribution in [1.29, 1.82) is 0 Å². The van der Waals surface area contributed by atoms with Gasteiger partial charge in [0.05, 0.1) is 5.56 Å². The number of carbonyl (C=O) groups excluding carboxylic acids is 2. The zero-order chi connectivity index (χ0) is 20.3. The second-order valence-corrected chi connectivity index (χ2v) is 5.74. The number of anilines is 2. The fraction of sp³-hybridized carbons (Fsp3) is 0.111. The maximum absolute atomic E-state index is 12.8. The monoisotopic (exact) mass is 390 g/mol. The third kappa shape index (κ3) is 4.53. The van der Waals surface area contributed by atoms with E-state index in [1.54, 1.807) is 6.92 Å². The van der Waals surface area contributed by atoms with Gasteiger partial charge in [-0.05, 0) is 37.3 Å². The van der Waals surface area contributed by atoms with Crippen molar-refractivity contribution in [3.05, 3.63) is 71.2 Å². The highest BCUT2D eigenvalue weighted by Crippen LogP contribution is 2.30. The number of carbonyl (C=O) groups is 2. The summed E-state index contributed by atoms with van der Waals surface area (Å²) in [6.45, 7) is 1.65. The molecular formula is C18H13F3N4O3. The van der Waals surface area contributed by atoms with Gasteiger partial charge in [-0.1, -0.05) is 11.2 Å². The summed E-state index contributed by atoms with van der Waals surface area (Å²) in [5.41, 5.74) is -0.935. The summed E-state index contributed by atoms with van der Waals surface area (Å²) in [5.74, 6) is -0.629. The minimum Gasteiger partial charge on any atom is -0.360 e. The molecule has 0 fully saturated rings. The van der Waals surface area contributed by atoms with Gasteiger partial charge in [-0.25, -0.2) is 0 Å². The Hall–Kier alpha value is -3.69. The zero-order valence-electron chi connectivity index (χ0n) is 14.4. The molecule has 28 heavy (non-hydrogen) atoms. The standard InChI is InChI=1S/C18H13F3N4O3/c1-10-7-15(25-28-10)24-17(27)14-8-11(5-6-22-14)16(26)23-13-4-2-3-12(9-13)18(19,20)21/h2-9H,1H3,(H,23,26)(H,24,25,27). The Balaban J connectivity index is 1.74. The number of aryl methyl sites for hydroxylation is 1. The predicted molar refractivity (Wildman–Crippen MR) is 92.8 cm³/mol. The summed E-state index contributed by atoms with van der Waals surface area (Å²) < 4.78 is 43.2. The lowest BCUT2D eigenvalue weighted by Gasteiger charge is -2.10. The summed E-state index contributed by atoms with van der Waals surface area (Å²) in [6.07, 6.45) is -3.29. The molecule has 10 heteroatoms. The molecule has 0 bridgehead atoms. The highest BCUT2D eigenvalue weighted by Gasteiger charge is 2.30. The molecule has 2 heterocycles. The first kappa shape index (κ1) is 19.1. The minimum absolute atomic E-state index is 0.0271. The van der Waals surface area contributed by atoms with E-state index in [9.17, 15) is 22.8 Å². The van der Waals surface area contributed by atoms with Gasteiger partial charge in [0.1, 0.15) is 11.5 Å². The normalized spacial score (nSPS) is 11.1. The molecule has 0 aliphatic carbocycles. The molecule has 7 nitrogen and oxygen atoms in total. The Morgan fingerprint density at radius 1 is 1.04 bits per heavy atom. The molecule has 2 N–H and O–H groups in total. The van der Waals surface area contributed by atoms with Crippen LogP contribution in [0.1, 0.15) is 32.2 Å². The smallest absolute Gasteiger partial charge is 0.360 e. The van der Waals surface area contributed by atoms with Gasteiger partial charge < -0.3 is 15.2 Å². The third-order valence-electron chi connectivity index (χ3n) is 3.57. The Kier molecular flexibility index (Phi) is 5.12. The highest BCUT2D eigenvalue weighted by atomic mass is 19.4. The number of nitrogens with one attached hydrogen (secondary N) is 2. The number of amides is 2. The number of halogens is 3. The number of hydrogen-bond acceptors (Lipinski definition) is 5. The molecular weight excluding hydrogens is 377 g/mol. The molecule has 3 rings (SSSR count). The molecule has 0 radical (unpaired) electrons. The van der Waals surface area contributed by atoms with Crippen molar-refractivity contribution >= 4 is 23.3 Å². The van der Waals surface area contributed by atoms with Crippen LogP contribution in [0, 0.1) is 6.92 Å². The number of pyridine rings is 1. The van der Waals surface area contributed by atoms with Crippen LogP contribution >= 0.6 is 0 Å². The first-order valence-corrected chi connectivity index (χ1v) is 7.92. The number of hydrogen-bond donors (Lipinski definition) is 2. The molecule has 2 aromatic heterocycles. The van der Waals surface area contributed by atoms with E-state index in [4.69, 9.17) is 4.52 Å². The lowest BCUT2D eigenvalue weighted by Crippen LogP contribution is -2.17. The van der Waals surface area contributed by atoms with Crippen molar-refractivity contribution in [3.8, 4) is 0 Å². The summed E-state index contributed by atoms with van der Waals surface area (Å²) >= 11 is 0. The number of benzene rings is 1. The molecule has 0 unspecified atom stereocenters. The van der Waals surface area contributed by atoms with Gasteiger partial charge in [0.15, 0.2) is 5.82 Å². The molecule has 2 amide bonds. The fourth-order valence-corrected chi connectivity index (χ4v) is 2.28. The van der Waals surface area contributed by atoms with Crippen molar-refractivity contribution in [2.24, 2.45) is 0 Å². The molecule has 0 saturated heterocycles. The van der Waals surface area contributed by atoms with Crippen molar-refractivity contribution in [1.82, 2.24) is 10.1 Å². The summed E-state index contributed by atoms with van der Waals surface area (Å²) in [4.78, 5) is 28.4. The summed E-state index contributed by atoms with van der Waals surface area (Å²) in [5, 5.41) is 8.44. The van der Waals surface area contributed by atoms with Crippen LogP contribution < -0.4 is 10.6 Å². The van der Waals surface area contributed by atoms with Crippen molar-refractivity contribution < 1.29 is 27.3 Å². The van der Waals surface area contributed by atoms with Crippen LogP contribution in [-0.4, -0.2) is 22.0 Å². The Bertz CT molecular complexity index is 1030. The maximum atomic E-state index is 12.8. The van der Waals surface area contributed by atoms with Gasteiger partial charge in [-0.2, -0.15) is 13.2 Å². The van der Waals surface area contributed by atoms with E-state index in [-0.39, 0.29) is 22.8 Å².